The Morgan fingerprint density at radius 3 is 2.93 bits per heavy atom. The molecule has 0 aliphatic carbocycles. The van der Waals surface area contributed by atoms with Crippen molar-refractivity contribution in [2.75, 3.05) is 13.2 Å². The first kappa shape index (κ1) is 10.5. The van der Waals surface area contributed by atoms with Crippen LogP contribution >= 0.6 is 0 Å². The maximum absolute atomic E-state index is 8.80. The molecule has 2 heteroatoms. The van der Waals surface area contributed by atoms with E-state index in [9.17, 15) is 0 Å². The Labute approximate surface area is 90.9 Å². The van der Waals surface area contributed by atoms with Gasteiger partial charge in [-0.25, -0.2) is 0 Å². The molecule has 1 aromatic rings. The Morgan fingerprint density at radius 2 is 2.20 bits per heavy atom. The zero-order valence-electron chi connectivity index (χ0n) is 9.42. The van der Waals surface area contributed by atoms with Crippen LogP contribution in [-0.4, -0.2) is 18.3 Å². The van der Waals surface area contributed by atoms with Gasteiger partial charge in [0.25, 0.3) is 0 Å². The fourth-order valence-electron chi connectivity index (χ4n) is 2.01. The summed E-state index contributed by atoms with van der Waals surface area (Å²) in [6, 6.07) is 6.37. The summed E-state index contributed by atoms with van der Waals surface area (Å²) in [6.45, 7) is 5.44. The topological polar surface area (TPSA) is 29.5 Å². The van der Waals surface area contributed by atoms with Crippen molar-refractivity contribution in [3.63, 3.8) is 0 Å². The fraction of sp³-hybridized carbons (Fsp3) is 0.538. The zero-order chi connectivity index (χ0) is 10.9. The number of fused-ring (bicyclic) bond motifs is 1. The molecule has 2 nitrogen and oxygen atoms in total. The molecular weight excluding hydrogens is 188 g/mol. The van der Waals surface area contributed by atoms with E-state index in [1.165, 1.54) is 11.1 Å². The van der Waals surface area contributed by atoms with Crippen LogP contribution in [0.15, 0.2) is 18.2 Å². The molecule has 15 heavy (non-hydrogen) atoms. The normalized spacial score (nSPS) is 17.3. The molecule has 0 radical (unpaired) electrons. The summed E-state index contributed by atoms with van der Waals surface area (Å²) in [6.07, 6.45) is 1.78. The van der Waals surface area contributed by atoms with Crippen molar-refractivity contribution < 1.29 is 9.84 Å². The first-order valence-electron chi connectivity index (χ1n) is 5.50. The van der Waals surface area contributed by atoms with Crippen LogP contribution in [0.1, 0.15) is 31.4 Å². The van der Waals surface area contributed by atoms with Crippen molar-refractivity contribution in [1.29, 1.82) is 0 Å². The summed E-state index contributed by atoms with van der Waals surface area (Å²) in [5.74, 6) is 1.02. The van der Waals surface area contributed by atoms with Gasteiger partial charge in [-0.3, -0.25) is 0 Å². The molecule has 0 unspecified atom stereocenters. The number of benzene rings is 1. The highest BCUT2D eigenvalue weighted by molar-refractivity contribution is 5.45. The van der Waals surface area contributed by atoms with E-state index in [1.54, 1.807) is 0 Å². The Kier molecular flexibility index (Phi) is 2.70. The molecule has 1 aliphatic heterocycles. The summed E-state index contributed by atoms with van der Waals surface area (Å²) in [4.78, 5) is 0. The average molecular weight is 206 g/mol. The van der Waals surface area contributed by atoms with Crippen molar-refractivity contribution in [3.8, 4) is 5.75 Å². The van der Waals surface area contributed by atoms with E-state index in [0.29, 0.717) is 0 Å². The molecule has 0 spiro atoms. The third-order valence-corrected chi connectivity index (χ3v) is 2.99. The predicted octanol–water partition coefficient (Wildman–Crippen LogP) is 2.28. The lowest BCUT2D eigenvalue weighted by molar-refractivity contribution is 0.288. The van der Waals surface area contributed by atoms with Crippen molar-refractivity contribution in [3.05, 3.63) is 29.3 Å². The minimum Gasteiger partial charge on any atom is -0.492 e. The fourth-order valence-corrected chi connectivity index (χ4v) is 2.01. The van der Waals surface area contributed by atoms with Gasteiger partial charge in [0.2, 0.25) is 0 Å². The molecule has 0 fully saturated rings. The molecule has 0 amide bonds. The van der Waals surface area contributed by atoms with Gasteiger partial charge in [0.05, 0.1) is 6.61 Å². The van der Waals surface area contributed by atoms with E-state index < -0.39 is 0 Å². The van der Waals surface area contributed by atoms with Gasteiger partial charge in [-0.2, -0.15) is 0 Å². The van der Waals surface area contributed by atoms with Gasteiger partial charge in [-0.15, -0.1) is 0 Å². The largest absolute Gasteiger partial charge is 0.492 e. The van der Waals surface area contributed by atoms with Gasteiger partial charge >= 0.3 is 0 Å². The summed E-state index contributed by atoms with van der Waals surface area (Å²) in [5.41, 5.74) is 2.73. The highest BCUT2D eigenvalue weighted by Crippen LogP contribution is 2.38. The minimum absolute atomic E-state index is 0.130. The smallest absolute Gasteiger partial charge is 0.123 e. The third kappa shape index (κ3) is 2.00. The zero-order valence-corrected chi connectivity index (χ0v) is 9.42. The number of ether oxygens (including phenoxy) is 1. The van der Waals surface area contributed by atoms with Gasteiger partial charge in [-0.05, 0) is 24.5 Å². The third-order valence-electron chi connectivity index (χ3n) is 2.99. The van der Waals surface area contributed by atoms with E-state index in [1.807, 2.05) is 0 Å². The molecule has 1 N–H and O–H groups in total. The number of aryl methyl sites for hydroxylation is 1. The quantitative estimate of drug-likeness (QED) is 0.822. The molecule has 82 valence electrons. The van der Waals surface area contributed by atoms with E-state index in [2.05, 4.69) is 32.0 Å². The Balaban J connectivity index is 2.25. The molecule has 1 aromatic carbocycles. The van der Waals surface area contributed by atoms with Gasteiger partial charge < -0.3 is 9.84 Å². The molecule has 1 aliphatic rings. The van der Waals surface area contributed by atoms with Crippen molar-refractivity contribution in [2.24, 2.45) is 0 Å². The van der Waals surface area contributed by atoms with Crippen LogP contribution in [0.4, 0.5) is 0 Å². The highest BCUT2D eigenvalue weighted by atomic mass is 16.5. The lowest BCUT2D eigenvalue weighted by Crippen LogP contribution is -2.18. The Hall–Kier alpha value is -1.02. The second kappa shape index (κ2) is 3.86. The van der Waals surface area contributed by atoms with Crippen LogP contribution in [0.5, 0.6) is 5.75 Å². The predicted molar refractivity (Wildman–Crippen MR) is 60.4 cm³/mol. The molecule has 1 heterocycles. The maximum atomic E-state index is 8.80. The van der Waals surface area contributed by atoms with E-state index in [-0.39, 0.29) is 12.0 Å². The first-order chi connectivity index (χ1) is 7.13. The maximum Gasteiger partial charge on any atom is 0.123 e. The number of aliphatic hydroxyl groups is 1. The number of aliphatic hydroxyl groups excluding tert-OH is 1. The van der Waals surface area contributed by atoms with Crippen molar-refractivity contribution >= 4 is 0 Å². The van der Waals surface area contributed by atoms with Crippen LogP contribution < -0.4 is 4.74 Å². The molecule has 0 aromatic heterocycles. The van der Waals surface area contributed by atoms with Crippen LogP contribution in [0.25, 0.3) is 0 Å². The van der Waals surface area contributed by atoms with Crippen LogP contribution in [-0.2, 0) is 11.8 Å². The molecule has 2 rings (SSSR count). The summed E-state index contributed by atoms with van der Waals surface area (Å²) >= 11 is 0. The highest BCUT2D eigenvalue weighted by Gasteiger charge is 2.31. The van der Waals surface area contributed by atoms with Crippen molar-refractivity contribution in [2.45, 2.75) is 32.1 Å². The monoisotopic (exact) mass is 206 g/mol. The van der Waals surface area contributed by atoms with Gasteiger partial charge in [-0.1, -0.05) is 26.0 Å². The lowest BCUT2D eigenvalue weighted by Gasteiger charge is -2.15. The van der Waals surface area contributed by atoms with Gasteiger partial charge in [0.1, 0.15) is 5.75 Å². The van der Waals surface area contributed by atoms with E-state index in [0.717, 1.165) is 25.2 Å². The summed E-state index contributed by atoms with van der Waals surface area (Å²) < 4.78 is 5.62. The first-order valence-corrected chi connectivity index (χ1v) is 5.50. The molecule has 0 atom stereocenters. The van der Waals surface area contributed by atoms with E-state index in [4.69, 9.17) is 9.84 Å². The lowest BCUT2D eigenvalue weighted by atomic mass is 9.86. The van der Waals surface area contributed by atoms with Gasteiger partial charge in [0.15, 0.2) is 0 Å². The van der Waals surface area contributed by atoms with Crippen molar-refractivity contribution in [1.82, 2.24) is 0 Å². The average Bonchev–Trinajstić information content (AvgIpc) is 2.52. The van der Waals surface area contributed by atoms with E-state index >= 15 is 0 Å². The molecule has 0 saturated carbocycles. The molecular formula is C13H18O2. The summed E-state index contributed by atoms with van der Waals surface area (Å²) in [7, 11) is 0. The molecule has 0 bridgehead atoms. The van der Waals surface area contributed by atoms with Crippen LogP contribution in [0, 0.1) is 0 Å². The van der Waals surface area contributed by atoms with Crippen LogP contribution in [0.3, 0.4) is 0 Å². The second-order valence-corrected chi connectivity index (χ2v) is 4.83. The standard InChI is InChI=1S/C13H18O2/c1-13(2)9-15-12-6-5-10(4-3-7-14)8-11(12)13/h5-6,8,14H,3-4,7,9H2,1-2H3. The summed E-state index contributed by atoms with van der Waals surface area (Å²) in [5, 5.41) is 8.80. The SMILES string of the molecule is CC1(C)COc2ccc(CCCO)cc21. The number of hydrogen-bond donors (Lipinski definition) is 1. The minimum atomic E-state index is 0.130. The van der Waals surface area contributed by atoms with Crippen LogP contribution in [0.2, 0.25) is 0 Å². The van der Waals surface area contributed by atoms with Gasteiger partial charge in [0, 0.05) is 17.6 Å². The number of rotatable bonds is 3. The Morgan fingerprint density at radius 1 is 1.40 bits per heavy atom. The second-order valence-electron chi connectivity index (χ2n) is 4.83. The molecule has 0 saturated heterocycles. The number of hydrogen-bond acceptors (Lipinski definition) is 2. The Bertz CT molecular complexity index is 356.